The molecule has 1 aliphatic heterocycles. The smallest absolute Gasteiger partial charge is 0.242 e. The molecule has 4 aromatic rings. The fourth-order valence-electron chi connectivity index (χ4n) is 4.20. The molecule has 0 bridgehead atoms. The summed E-state index contributed by atoms with van der Waals surface area (Å²) in [4.78, 5) is 14.7. The Morgan fingerprint density at radius 2 is 2.03 bits per heavy atom. The molecule has 5 rings (SSSR count). The van der Waals surface area contributed by atoms with Crippen molar-refractivity contribution in [1.29, 1.82) is 0 Å². The second kappa shape index (κ2) is 10.8. The van der Waals surface area contributed by atoms with Crippen LogP contribution in [-0.2, 0) is 16.1 Å². The lowest BCUT2D eigenvalue weighted by Gasteiger charge is -2.19. The van der Waals surface area contributed by atoms with Gasteiger partial charge in [0.05, 0.1) is 17.5 Å². The number of nitrogens with one attached hydrogen (secondary N) is 1. The van der Waals surface area contributed by atoms with E-state index in [0.717, 1.165) is 52.5 Å². The third-order valence-corrected chi connectivity index (χ3v) is 8.18. The van der Waals surface area contributed by atoms with Crippen molar-refractivity contribution >= 4 is 34.7 Å². The SMILES string of the molecule is Cc1ccc(C)c(NC(=O)[C@@H](Sc2nnc(-c3cccs3)n2C[C@@H]2CCCO2)c2ccccc2)c1. The number of thiophene rings is 1. The maximum Gasteiger partial charge on any atom is 0.242 e. The number of hydrogen-bond acceptors (Lipinski definition) is 6. The lowest BCUT2D eigenvalue weighted by atomic mass is 10.1. The largest absolute Gasteiger partial charge is 0.376 e. The van der Waals surface area contributed by atoms with Crippen LogP contribution in [-0.4, -0.2) is 33.4 Å². The van der Waals surface area contributed by atoms with Gasteiger partial charge in [-0.3, -0.25) is 9.36 Å². The maximum absolute atomic E-state index is 13.7. The first-order valence-corrected chi connectivity index (χ1v) is 13.5. The Kier molecular flexibility index (Phi) is 7.32. The Hall–Kier alpha value is -2.94. The summed E-state index contributed by atoms with van der Waals surface area (Å²) in [5, 5.41) is 14.5. The molecule has 6 nitrogen and oxygen atoms in total. The van der Waals surface area contributed by atoms with E-state index in [4.69, 9.17) is 4.74 Å². The molecule has 1 N–H and O–H groups in total. The third-order valence-electron chi connectivity index (χ3n) is 6.08. The summed E-state index contributed by atoms with van der Waals surface area (Å²) in [7, 11) is 0. The number of nitrogens with zero attached hydrogens (tertiary/aromatic N) is 3. The summed E-state index contributed by atoms with van der Waals surface area (Å²) < 4.78 is 8.05. The Morgan fingerprint density at radius 3 is 2.77 bits per heavy atom. The molecule has 35 heavy (non-hydrogen) atoms. The van der Waals surface area contributed by atoms with Gasteiger partial charge < -0.3 is 10.1 Å². The molecule has 0 spiro atoms. The van der Waals surface area contributed by atoms with Gasteiger partial charge >= 0.3 is 0 Å². The predicted octanol–water partition coefficient (Wildman–Crippen LogP) is 6.27. The summed E-state index contributed by atoms with van der Waals surface area (Å²) in [5.74, 6) is 0.735. The predicted molar refractivity (Wildman–Crippen MR) is 142 cm³/mol. The van der Waals surface area contributed by atoms with Crippen molar-refractivity contribution in [3.63, 3.8) is 0 Å². The quantitative estimate of drug-likeness (QED) is 0.286. The first kappa shape index (κ1) is 23.8. The van der Waals surface area contributed by atoms with Gasteiger partial charge in [-0.05, 0) is 60.9 Å². The zero-order valence-corrected chi connectivity index (χ0v) is 21.4. The van der Waals surface area contributed by atoms with Gasteiger partial charge in [0, 0.05) is 12.3 Å². The minimum atomic E-state index is -0.486. The van der Waals surface area contributed by atoms with E-state index in [2.05, 4.69) is 26.1 Å². The lowest BCUT2D eigenvalue weighted by Crippen LogP contribution is -2.21. The van der Waals surface area contributed by atoms with Crippen LogP contribution < -0.4 is 5.32 Å². The van der Waals surface area contributed by atoms with E-state index in [1.54, 1.807) is 11.3 Å². The molecule has 2 aromatic carbocycles. The number of rotatable bonds is 8. The van der Waals surface area contributed by atoms with Crippen molar-refractivity contribution in [3.8, 4) is 10.7 Å². The zero-order chi connectivity index (χ0) is 24.2. The van der Waals surface area contributed by atoms with Crippen molar-refractivity contribution in [3.05, 3.63) is 82.7 Å². The van der Waals surface area contributed by atoms with Crippen molar-refractivity contribution in [2.24, 2.45) is 0 Å². The van der Waals surface area contributed by atoms with Crippen molar-refractivity contribution in [2.45, 2.75) is 49.7 Å². The summed E-state index contributed by atoms with van der Waals surface area (Å²) >= 11 is 3.07. The number of carbonyl (C=O) groups excluding carboxylic acids is 1. The summed E-state index contributed by atoms with van der Waals surface area (Å²) in [6.45, 7) is 5.49. The number of aryl methyl sites for hydroxylation is 2. The second-order valence-corrected chi connectivity index (χ2v) is 10.8. The molecular formula is C27H28N4O2S2. The molecule has 1 amide bonds. The lowest BCUT2D eigenvalue weighted by molar-refractivity contribution is -0.115. The minimum absolute atomic E-state index is 0.0840. The summed E-state index contributed by atoms with van der Waals surface area (Å²) in [6.07, 6.45) is 2.21. The van der Waals surface area contributed by atoms with Crippen molar-refractivity contribution in [2.75, 3.05) is 11.9 Å². The molecule has 8 heteroatoms. The molecule has 180 valence electrons. The van der Waals surface area contributed by atoms with Gasteiger partial charge in [0.1, 0.15) is 5.25 Å². The number of amides is 1. The van der Waals surface area contributed by atoms with E-state index in [1.807, 2.05) is 73.8 Å². The number of anilines is 1. The highest BCUT2D eigenvalue weighted by molar-refractivity contribution is 8.00. The van der Waals surface area contributed by atoms with Gasteiger partial charge in [0.15, 0.2) is 11.0 Å². The molecule has 0 saturated carbocycles. The summed E-state index contributed by atoms with van der Waals surface area (Å²) in [6, 6.07) is 20.0. The topological polar surface area (TPSA) is 69.0 Å². The molecule has 2 aromatic heterocycles. The first-order chi connectivity index (χ1) is 17.1. The average Bonchev–Trinajstić information content (AvgIpc) is 3.64. The average molecular weight is 505 g/mol. The number of hydrogen-bond donors (Lipinski definition) is 1. The van der Waals surface area contributed by atoms with Gasteiger partial charge in [-0.1, -0.05) is 60.3 Å². The Morgan fingerprint density at radius 1 is 1.17 bits per heavy atom. The van der Waals surface area contributed by atoms with Crippen LogP contribution in [0, 0.1) is 13.8 Å². The van der Waals surface area contributed by atoms with Crippen LogP contribution in [0.25, 0.3) is 10.7 Å². The standard InChI is InChI=1S/C27H28N4O2S2/c1-18-12-13-19(2)22(16-18)28-26(32)24(20-8-4-3-5-9-20)35-27-30-29-25(23-11-7-15-34-23)31(27)17-21-10-6-14-33-21/h3-5,7-9,11-13,15-16,21,24H,6,10,14,17H2,1-2H3,(H,28,32)/t21-,24-/m0/s1. The van der Waals surface area contributed by atoms with Gasteiger partial charge in [0.2, 0.25) is 5.91 Å². The molecule has 0 aliphatic carbocycles. The van der Waals surface area contributed by atoms with E-state index in [9.17, 15) is 4.79 Å². The Labute approximate surface area is 213 Å². The van der Waals surface area contributed by atoms with Crippen LogP contribution >= 0.6 is 23.1 Å². The monoisotopic (exact) mass is 504 g/mol. The molecule has 1 saturated heterocycles. The number of thioether (sulfide) groups is 1. The highest BCUT2D eigenvalue weighted by atomic mass is 32.2. The normalized spacial score (nSPS) is 16.3. The van der Waals surface area contributed by atoms with Crippen molar-refractivity contribution in [1.82, 2.24) is 14.8 Å². The van der Waals surface area contributed by atoms with E-state index in [1.165, 1.54) is 11.8 Å². The van der Waals surface area contributed by atoms with Crippen LogP contribution in [0.15, 0.2) is 71.2 Å². The first-order valence-electron chi connectivity index (χ1n) is 11.8. The van der Waals surface area contributed by atoms with Crippen LogP contribution in [0.1, 0.15) is 34.8 Å². The molecular weight excluding hydrogens is 476 g/mol. The second-order valence-electron chi connectivity index (χ2n) is 8.75. The number of carbonyl (C=O) groups is 1. The van der Waals surface area contributed by atoms with E-state index < -0.39 is 5.25 Å². The van der Waals surface area contributed by atoms with Gasteiger partial charge in [0.25, 0.3) is 0 Å². The van der Waals surface area contributed by atoms with E-state index in [0.29, 0.717) is 11.7 Å². The fourth-order valence-corrected chi connectivity index (χ4v) is 5.96. The fraction of sp³-hybridized carbons (Fsp3) is 0.296. The number of aromatic nitrogens is 3. The van der Waals surface area contributed by atoms with Crippen LogP contribution in [0.2, 0.25) is 0 Å². The molecule has 2 atom stereocenters. The molecule has 1 fully saturated rings. The van der Waals surface area contributed by atoms with Gasteiger partial charge in [-0.2, -0.15) is 0 Å². The zero-order valence-electron chi connectivity index (χ0n) is 19.8. The highest BCUT2D eigenvalue weighted by Gasteiger charge is 2.28. The Balaban J connectivity index is 1.48. The van der Waals surface area contributed by atoms with Gasteiger partial charge in [-0.15, -0.1) is 21.5 Å². The van der Waals surface area contributed by atoms with Crippen LogP contribution in [0.3, 0.4) is 0 Å². The van der Waals surface area contributed by atoms with Gasteiger partial charge in [-0.25, -0.2) is 0 Å². The Bertz CT molecular complexity index is 1280. The molecule has 1 aliphatic rings. The minimum Gasteiger partial charge on any atom is -0.376 e. The number of ether oxygens (including phenoxy) is 1. The molecule has 0 unspecified atom stereocenters. The van der Waals surface area contributed by atoms with Crippen molar-refractivity contribution < 1.29 is 9.53 Å². The van der Waals surface area contributed by atoms with Crippen LogP contribution in [0.5, 0.6) is 0 Å². The molecule has 3 heterocycles. The van der Waals surface area contributed by atoms with E-state index in [-0.39, 0.29) is 12.0 Å². The highest BCUT2D eigenvalue weighted by Crippen LogP contribution is 2.38. The maximum atomic E-state index is 13.7. The van der Waals surface area contributed by atoms with E-state index >= 15 is 0 Å². The van der Waals surface area contributed by atoms with Crippen LogP contribution in [0.4, 0.5) is 5.69 Å². The number of benzene rings is 2. The summed E-state index contributed by atoms with van der Waals surface area (Å²) in [5.41, 5.74) is 3.88. The third kappa shape index (κ3) is 5.50. The molecule has 0 radical (unpaired) electrons.